The average molecular weight is 435 g/mol. The number of rotatable bonds is 7. The van der Waals surface area contributed by atoms with E-state index in [1.54, 1.807) is 24.3 Å². The number of imide groups is 1. The normalized spacial score (nSPS) is 11.2. The van der Waals surface area contributed by atoms with E-state index in [1.165, 1.54) is 6.92 Å². The van der Waals surface area contributed by atoms with Crippen LogP contribution in [0.3, 0.4) is 0 Å². The number of benzene rings is 2. The Morgan fingerprint density at radius 2 is 1.70 bits per heavy atom. The van der Waals surface area contributed by atoms with Crippen molar-refractivity contribution in [2.45, 2.75) is 19.6 Å². The third-order valence-electron chi connectivity index (χ3n) is 3.38. The molecule has 0 spiro atoms. The molecule has 0 aliphatic heterocycles. The van der Waals surface area contributed by atoms with E-state index in [4.69, 9.17) is 9.47 Å². The number of carbonyl (C=O) groups is 3. The van der Waals surface area contributed by atoms with E-state index in [0.717, 1.165) is 10.0 Å². The number of amides is 3. The first-order chi connectivity index (χ1) is 12.9. The standard InChI is InChI=1S/C19H19BrN2O5/c1-13(27-17(23)12-26-16-9-7-15(20)8-10-16)18(24)22-19(25)21-11-14-5-3-2-4-6-14/h2-10,13H,11-12H2,1H3,(H2,21,22,24,25). The summed E-state index contributed by atoms with van der Waals surface area (Å²) in [6.07, 6.45) is -1.13. The van der Waals surface area contributed by atoms with Crippen LogP contribution in [0.1, 0.15) is 12.5 Å². The van der Waals surface area contributed by atoms with Gasteiger partial charge < -0.3 is 14.8 Å². The topological polar surface area (TPSA) is 93.7 Å². The molecule has 27 heavy (non-hydrogen) atoms. The zero-order chi connectivity index (χ0) is 19.6. The van der Waals surface area contributed by atoms with Crippen molar-refractivity contribution in [2.75, 3.05) is 6.61 Å². The number of hydrogen-bond acceptors (Lipinski definition) is 5. The minimum absolute atomic E-state index is 0.273. The van der Waals surface area contributed by atoms with Crippen LogP contribution in [0.15, 0.2) is 59.1 Å². The molecule has 142 valence electrons. The molecular weight excluding hydrogens is 416 g/mol. The predicted octanol–water partition coefficient (Wildman–Crippen LogP) is 2.79. The summed E-state index contributed by atoms with van der Waals surface area (Å²) >= 11 is 3.29. The second-order valence-corrected chi connectivity index (χ2v) is 6.45. The van der Waals surface area contributed by atoms with E-state index >= 15 is 0 Å². The Morgan fingerprint density at radius 1 is 1.04 bits per heavy atom. The van der Waals surface area contributed by atoms with Gasteiger partial charge in [-0.3, -0.25) is 10.1 Å². The molecule has 0 radical (unpaired) electrons. The third kappa shape index (κ3) is 7.49. The molecule has 0 saturated heterocycles. The molecule has 2 aromatic rings. The van der Waals surface area contributed by atoms with Gasteiger partial charge in [-0.1, -0.05) is 46.3 Å². The highest BCUT2D eigenvalue weighted by molar-refractivity contribution is 9.10. The molecule has 2 rings (SSSR count). The Hall–Kier alpha value is -2.87. The molecule has 7 nitrogen and oxygen atoms in total. The summed E-state index contributed by atoms with van der Waals surface area (Å²) in [7, 11) is 0. The lowest BCUT2D eigenvalue weighted by atomic mass is 10.2. The molecule has 1 atom stereocenters. The first-order valence-corrected chi connectivity index (χ1v) is 8.94. The van der Waals surface area contributed by atoms with Crippen LogP contribution in [0.4, 0.5) is 4.79 Å². The molecule has 0 saturated carbocycles. The van der Waals surface area contributed by atoms with Gasteiger partial charge in [0.25, 0.3) is 5.91 Å². The van der Waals surface area contributed by atoms with Crippen LogP contribution in [-0.2, 0) is 20.9 Å². The summed E-state index contributed by atoms with van der Waals surface area (Å²) < 4.78 is 11.1. The van der Waals surface area contributed by atoms with Gasteiger partial charge in [0.05, 0.1) is 0 Å². The number of urea groups is 1. The molecule has 3 amide bonds. The van der Waals surface area contributed by atoms with E-state index in [9.17, 15) is 14.4 Å². The number of nitrogens with one attached hydrogen (secondary N) is 2. The molecule has 0 heterocycles. The number of carbonyl (C=O) groups excluding carboxylic acids is 3. The molecule has 0 bridgehead atoms. The van der Waals surface area contributed by atoms with Gasteiger partial charge in [-0.15, -0.1) is 0 Å². The lowest BCUT2D eigenvalue weighted by molar-refractivity contribution is -0.156. The van der Waals surface area contributed by atoms with Crippen LogP contribution in [0.2, 0.25) is 0 Å². The predicted molar refractivity (Wildman–Crippen MR) is 102 cm³/mol. The number of hydrogen-bond donors (Lipinski definition) is 2. The SMILES string of the molecule is CC(OC(=O)COc1ccc(Br)cc1)C(=O)NC(=O)NCc1ccccc1. The van der Waals surface area contributed by atoms with Crippen LogP contribution in [-0.4, -0.2) is 30.6 Å². The monoisotopic (exact) mass is 434 g/mol. The van der Waals surface area contributed by atoms with E-state index in [2.05, 4.69) is 26.6 Å². The maximum Gasteiger partial charge on any atom is 0.344 e. The summed E-state index contributed by atoms with van der Waals surface area (Å²) in [4.78, 5) is 35.4. The molecular formula is C19H19BrN2O5. The van der Waals surface area contributed by atoms with Crippen molar-refractivity contribution in [3.8, 4) is 5.75 Å². The second kappa shape index (κ2) is 10.3. The number of esters is 1. The van der Waals surface area contributed by atoms with Crippen molar-refractivity contribution in [1.82, 2.24) is 10.6 Å². The minimum Gasteiger partial charge on any atom is -0.482 e. The lowest BCUT2D eigenvalue weighted by Gasteiger charge is -2.14. The first-order valence-electron chi connectivity index (χ1n) is 8.14. The maximum absolute atomic E-state index is 11.9. The quantitative estimate of drug-likeness (QED) is 0.653. The van der Waals surface area contributed by atoms with Gasteiger partial charge in [0.2, 0.25) is 0 Å². The van der Waals surface area contributed by atoms with Crippen LogP contribution < -0.4 is 15.4 Å². The highest BCUT2D eigenvalue weighted by atomic mass is 79.9. The van der Waals surface area contributed by atoms with Crippen molar-refractivity contribution in [2.24, 2.45) is 0 Å². The molecule has 0 aromatic heterocycles. The number of halogens is 1. The van der Waals surface area contributed by atoms with Crippen molar-refractivity contribution in [1.29, 1.82) is 0 Å². The zero-order valence-corrected chi connectivity index (χ0v) is 16.2. The fourth-order valence-electron chi connectivity index (χ4n) is 1.99. The Morgan fingerprint density at radius 3 is 2.37 bits per heavy atom. The van der Waals surface area contributed by atoms with Crippen LogP contribution in [0.5, 0.6) is 5.75 Å². The molecule has 0 aliphatic carbocycles. The highest BCUT2D eigenvalue weighted by Gasteiger charge is 2.20. The Kier molecular flexibility index (Phi) is 7.81. The maximum atomic E-state index is 11.9. The van der Waals surface area contributed by atoms with Crippen LogP contribution >= 0.6 is 15.9 Å². The van der Waals surface area contributed by atoms with E-state index in [-0.39, 0.29) is 13.2 Å². The fraction of sp³-hybridized carbons (Fsp3) is 0.211. The van der Waals surface area contributed by atoms with E-state index in [1.807, 2.05) is 30.3 Å². The fourth-order valence-corrected chi connectivity index (χ4v) is 2.26. The van der Waals surface area contributed by atoms with Gasteiger partial charge in [-0.05, 0) is 36.8 Å². The van der Waals surface area contributed by atoms with Crippen molar-refractivity contribution < 1.29 is 23.9 Å². The van der Waals surface area contributed by atoms with Crippen molar-refractivity contribution in [3.05, 3.63) is 64.6 Å². The smallest absolute Gasteiger partial charge is 0.344 e. The largest absolute Gasteiger partial charge is 0.482 e. The highest BCUT2D eigenvalue weighted by Crippen LogP contribution is 2.16. The zero-order valence-electron chi connectivity index (χ0n) is 14.6. The first kappa shape index (κ1) is 20.4. The molecule has 1 unspecified atom stereocenters. The summed E-state index contributed by atoms with van der Waals surface area (Å²) in [6, 6.07) is 15.5. The molecule has 0 aliphatic rings. The molecule has 8 heteroatoms. The lowest BCUT2D eigenvalue weighted by Crippen LogP contribution is -2.44. The van der Waals surface area contributed by atoms with Gasteiger partial charge >= 0.3 is 12.0 Å². The van der Waals surface area contributed by atoms with Crippen molar-refractivity contribution in [3.63, 3.8) is 0 Å². The second-order valence-electron chi connectivity index (χ2n) is 5.53. The van der Waals surface area contributed by atoms with Gasteiger partial charge in [0.15, 0.2) is 12.7 Å². The van der Waals surface area contributed by atoms with Gasteiger partial charge in [-0.25, -0.2) is 9.59 Å². The van der Waals surface area contributed by atoms with Gasteiger partial charge in [0.1, 0.15) is 5.75 Å². The molecule has 0 fully saturated rings. The van der Waals surface area contributed by atoms with Crippen molar-refractivity contribution >= 4 is 33.8 Å². The van der Waals surface area contributed by atoms with E-state index in [0.29, 0.717) is 5.75 Å². The molecule has 2 N–H and O–H groups in total. The van der Waals surface area contributed by atoms with Gasteiger partial charge in [-0.2, -0.15) is 0 Å². The Balaban J connectivity index is 1.69. The van der Waals surface area contributed by atoms with Crippen LogP contribution in [0.25, 0.3) is 0 Å². The third-order valence-corrected chi connectivity index (χ3v) is 3.91. The van der Waals surface area contributed by atoms with E-state index < -0.39 is 24.0 Å². The summed E-state index contributed by atoms with van der Waals surface area (Å²) in [5.41, 5.74) is 0.893. The summed E-state index contributed by atoms with van der Waals surface area (Å²) in [6.45, 7) is 1.30. The molecule has 2 aromatic carbocycles. The van der Waals surface area contributed by atoms with Gasteiger partial charge in [0, 0.05) is 11.0 Å². The van der Waals surface area contributed by atoms with Crippen LogP contribution in [0, 0.1) is 0 Å². The summed E-state index contributed by atoms with van der Waals surface area (Å²) in [5.74, 6) is -0.949. The minimum atomic E-state index is -1.13. The summed E-state index contributed by atoms with van der Waals surface area (Å²) in [5, 5.41) is 4.67. The Bertz CT molecular complexity index is 780. The average Bonchev–Trinajstić information content (AvgIpc) is 2.66. The Labute approximate surface area is 165 Å². The number of ether oxygens (including phenoxy) is 2.